The van der Waals surface area contributed by atoms with Crippen molar-refractivity contribution in [2.24, 2.45) is 0 Å². The lowest BCUT2D eigenvalue weighted by molar-refractivity contribution is -0.115. The highest BCUT2D eigenvalue weighted by atomic mass is 16.2. The number of aromatic nitrogens is 1. The van der Waals surface area contributed by atoms with Gasteiger partial charge in [0.2, 0.25) is 0 Å². The molecular formula is C21H16N4O2. The molecule has 1 aliphatic heterocycles. The second kappa shape index (κ2) is 6.46. The highest BCUT2D eigenvalue weighted by Gasteiger charge is 2.24. The molecule has 0 unspecified atom stereocenters. The van der Waals surface area contributed by atoms with Crippen molar-refractivity contribution in [3.8, 4) is 6.07 Å². The van der Waals surface area contributed by atoms with Crippen LogP contribution >= 0.6 is 0 Å². The Bertz CT molecular complexity index is 1160. The second-order valence-electron chi connectivity index (χ2n) is 6.34. The first-order chi connectivity index (χ1) is 13.1. The third-order valence-corrected chi connectivity index (χ3v) is 4.75. The summed E-state index contributed by atoms with van der Waals surface area (Å²) in [7, 11) is 0. The Balaban J connectivity index is 1.87. The van der Waals surface area contributed by atoms with E-state index in [0.29, 0.717) is 12.1 Å². The van der Waals surface area contributed by atoms with Gasteiger partial charge >= 0.3 is 6.03 Å². The van der Waals surface area contributed by atoms with Gasteiger partial charge in [0.15, 0.2) is 0 Å². The molecule has 0 spiro atoms. The molecule has 0 bridgehead atoms. The number of carbonyl (C=O) groups is 2. The van der Waals surface area contributed by atoms with Gasteiger partial charge in [-0.2, -0.15) is 5.26 Å². The molecule has 2 heterocycles. The number of urea groups is 1. The lowest BCUT2D eigenvalue weighted by atomic mass is 10.1. The molecule has 0 radical (unpaired) electrons. The van der Waals surface area contributed by atoms with E-state index in [0.717, 1.165) is 27.7 Å². The molecule has 1 saturated heterocycles. The normalized spacial score (nSPS) is 15.0. The van der Waals surface area contributed by atoms with E-state index in [-0.39, 0.29) is 5.70 Å². The SMILES string of the molecule is Cc1c(C=C2NC(=O)NC2=O)c2ccccc2n1Cc1ccccc1C#N. The highest BCUT2D eigenvalue weighted by molar-refractivity contribution is 6.14. The zero-order valence-corrected chi connectivity index (χ0v) is 14.6. The van der Waals surface area contributed by atoms with Crippen molar-refractivity contribution >= 4 is 28.9 Å². The van der Waals surface area contributed by atoms with Crippen LogP contribution in [0.2, 0.25) is 0 Å². The maximum Gasteiger partial charge on any atom is 0.326 e. The van der Waals surface area contributed by atoms with Crippen molar-refractivity contribution in [3.05, 3.63) is 76.6 Å². The predicted octanol–water partition coefficient (Wildman–Crippen LogP) is 3.05. The van der Waals surface area contributed by atoms with Crippen LogP contribution < -0.4 is 10.6 Å². The van der Waals surface area contributed by atoms with Crippen LogP contribution in [0.5, 0.6) is 0 Å². The molecule has 0 aliphatic carbocycles. The Labute approximate surface area is 155 Å². The van der Waals surface area contributed by atoms with Gasteiger partial charge in [0.1, 0.15) is 5.70 Å². The molecule has 27 heavy (non-hydrogen) atoms. The summed E-state index contributed by atoms with van der Waals surface area (Å²) in [6.45, 7) is 2.51. The van der Waals surface area contributed by atoms with E-state index in [1.165, 1.54) is 0 Å². The average Bonchev–Trinajstić information content (AvgIpc) is 3.13. The number of imide groups is 1. The number of nitrogens with zero attached hydrogens (tertiary/aromatic N) is 2. The van der Waals surface area contributed by atoms with Gasteiger partial charge in [-0.05, 0) is 30.7 Å². The zero-order valence-electron chi connectivity index (χ0n) is 14.6. The summed E-state index contributed by atoms with van der Waals surface area (Å²) >= 11 is 0. The molecular weight excluding hydrogens is 340 g/mol. The van der Waals surface area contributed by atoms with Gasteiger partial charge in [0, 0.05) is 28.7 Å². The smallest absolute Gasteiger partial charge is 0.326 e. The summed E-state index contributed by atoms with van der Waals surface area (Å²) in [6, 6.07) is 17.1. The monoisotopic (exact) mass is 356 g/mol. The van der Waals surface area contributed by atoms with E-state index in [1.54, 1.807) is 12.1 Å². The summed E-state index contributed by atoms with van der Waals surface area (Å²) in [5, 5.41) is 15.1. The number of para-hydroxylation sites is 1. The molecule has 132 valence electrons. The van der Waals surface area contributed by atoms with E-state index in [2.05, 4.69) is 21.3 Å². The van der Waals surface area contributed by atoms with Crippen molar-refractivity contribution in [1.29, 1.82) is 5.26 Å². The van der Waals surface area contributed by atoms with E-state index < -0.39 is 11.9 Å². The van der Waals surface area contributed by atoms with Crippen LogP contribution in [0.25, 0.3) is 17.0 Å². The van der Waals surface area contributed by atoms with Crippen molar-refractivity contribution in [1.82, 2.24) is 15.2 Å². The number of benzene rings is 2. The van der Waals surface area contributed by atoms with E-state index >= 15 is 0 Å². The first kappa shape index (κ1) is 16.6. The molecule has 0 saturated carbocycles. The van der Waals surface area contributed by atoms with Gasteiger partial charge in [0.25, 0.3) is 5.91 Å². The van der Waals surface area contributed by atoms with E-state index in [4.69, 9.17) is 0 Å². The van der Waals surface area contributed by atoms with Crippen LogP contribution in [0.3, 0.4) is 0 Å². The maximum absolute atomic E-state index is 11.9. The Hall–Kier alpha value is -3.85. The quantitative estimate of drug-likeness (QED) is 0.558. The first-order valence-corrected chi connectivity index (χ1v) is 8.48. The van der Waals surface area contributed by atoms with Gasteiger partial charge in [-0.15, -0.1) is 0 Å². The van der Waals surface area contributed by atoms with Gasteiger partial charge in [-0.25, -0.2) is 4.79 Å². The second-order valence-corrected chi connectivity index (χ2v) is 6.34. The lowest BCUT2D eigenvalue weighted by Gasteiger charge is -2.10. The molecule has 6 nitrogen and oxygen atoms in total. The van der Waals surface area contributed by atoms with Crippen molar-refractivity contribution < 1.29 is 9.59 Å². The molecule has 6 heteroatoms. The molecule has 4 rings (SSSR count). The summed E-state index contributed by atoms with van der Waals surface area (Å²) < 4.78 is 2.12. The topological polar surface area (TPSA) is 86.9 Å². The standard InChI is InChI=1S/C21H16N4O2/c1-13-17(10-18-20(26)24-21(27)23-18)16-8-4-5-9-19(16)25(13)12-15-7-3-2-6-14(15)11-22/h2-10H,12H2,1H3,(H2,23,24,26,27). The number of rotatable bonds is 3. The maximum atomic E-state index is 11.9. The number of nitriles is 1. The van der Waals surface area contributed by atoms with Gasteiger partial charge in [0.05, 0.1) is 11.6 Å². The third-order valence-electron chi connectivity index (χ3n) is 4.75. The third kappa shape index (κ3) is 2.85. The average molecular weight is 356 g/mol. The molecule has 1 aliphatic rings. The van der Waals surface area contributed by atoms with Gasteiger partial charge < -0.3 is 9.88 Å². The fourth-order valence-corrected chi connectivity index (χ4v) is 3.41. The predicted molar refractivity (Wildman–Crippen MR) is 102 cm³/mol. The molecule has 1 aromatic heterocycles. The Kier molecular flexibility index (Phi) is 3.98. The van der Waals surface area contributed by atoms with Crippen molar-refractivity contribution in [2.45, 2.75) is 13.5 Å². The van der Waals surface area contributed by atoms with Crippen LogP contribution in [0.4, 0.5) is 4.79 Å². The number of hydrogen-bond donors (Lipinski definition) is 2. The summed E-state index contributed by atoms with van der Waals surface area (Å²) in [4.78, 5) is 23.3. The van der Waals surface area contributed by atoms with Gasteiger partial charge in [-0.1, -0.05) is 36.4 Å². The van der Waals surface area contributed by atoms with Gasteiger partial charge in [-0.3, -0.25) is 10.1 Å². The van der Waals surface area contributed by atoms with Crippen LogP contribution in [0.15, 0.2) is 54.2 Å². The minimum atomic E-state index is -0.518. The number of amides is 3. The molecule has 2 N–H and O–H groups in total. The Morgan fingerprint density at radius 3 is 2.56 bits per heavy atom. The number of carbonyl (C=O) groups excluding carboxylic acids is 2. The van der Waals surface area contributed by atoms with Crippen molar-refractivity contribution in [3.63, 3.8) is 0 Å². The number of nitrogens with one attached hydrogen (secondary N) is 2. The fourth-order valence-electron chi connectivity index (χ4n) is 3.41. The summed E-state index contributed by atoms with van der Waals surface area (Å²) in [5.74, 6) is -0.439. The first-order valence-electron chi connectivity index (χ1n) is 8.48. The van der Waals surface area contributed by atoms with Crippen LogP contribution in [-0.2, 0) is 11.3 Å². The van der Waals surface area contributed by atoms with Crippen LogP contribution in [-0.4, -0.2) is 16.5 Å². The summed E-state index contributed by atoms with van der Waals surface area (Å²) in [6.07, 6.45) is 1.70. The largest absolute Gasteiger partial charge is 0.340 e. The fraction of sp³-hybridized carbons (Fsp3) is 0.0952. The van der Waals surface area contributed by atoms with Crippen molar-refractivity contribution in [2.75, 3.05) is 0 Å². The molecule has 2 aromatic carbocycles. The van der Waals surface area contributed by atoms with E-state index in [1.807, 2.05) is 49.4 Å². The number of fused-ring (bicyclic) bond motifs is 1. The Morgan fingerprint density at radius 2 is 1.81 bits per heavy atom. The highest BCUT2D eigenvalue weighted by Crippen LogP contribution is 2.29. The number of hydrogen-bond acceptors (Lipinski definition) is 3. The molecule has 0 atom stereocenters. The molecule has 3 aromatic rings. The summed E-state index contributed by atoms with van der Waals surface area (Å²) in [5.41, 5.74) is 4.60. The molecule has 1 fully saturated rings. The van der Waals surface area contributed by atoms with Crippen LogP contribution in [0, 0.1) is 18.3 Å². The lowest BCUT2D eigenvalue weighted by Crippen LogP contribution is -2.22. The molecule has 3 amide bonds. The minimum Gasteiger partial charge on any atom is -0.340 e. The van der Waals surface area contributed by atoms with Crippen LogP contribution in [0.1, 0.15) is 22.4 Å². The Morgan fingerprint density at radius 1 is 1.07 bits per heavy atom. The minimum absolute atomic E-state index is 0.225. The zero-order chi connectivity index (χ0) is 19.0. The van der Waals surface area contributed by atoms with E-state index in [9.17, 15) is 14.9 Å².